The predicted octanol–water partition coefficient (Wildman–Crippen LogP) is 0.642. The fraction of sp³-hybridized carbons (Fsp3) is 0.750. The zero-order chi connectivity index (χ0) is 18.4. The molecule has 1 aliphatic rings. The van der Waals surface area contributed by atoms with Crippen molar-refractivity contribution in [3.8, 4) is 0 Å². The van der Waals surface area contributed by atoms with E-state index in [-0.39, 0.29) is 29.7 Å². The number of nitrogens with one attached hydrogen (secondary N) is 2. The summed E-state index contributed by atoms with van der Waals surface area (Å²) in [7, 11) is -1.77. The van der Waals surface area contributed by atoms with E-state index in [1.807, 2.05) is 13.1 Å². The maximum absolute atomic E-state index is 12.5. The molecule has 0 unspecified atom stereocenters. The number of hydrogen-bond donors (Lipinski definition) is 2. The number of ether oxygens (including phenoxy) is 1. The average molecular weight is 372 g/mol. The summed E-state index contributed by atoms with van der Waals surface area (Å²) in [6, 6.07) is -0.373. The van der Waals surface area contributed by atoms with Crippen molar-refractivity contribution in [3.63, 3.8) is 0 Å². The zero-order valence-corrected chi connectivity index (χ0v) is 15.9. The lowest BCUT2D eigenvalue weighted by Gasteiger charge is -2.34. The highest BCUT2D eigenvalue weighted by Crippen LogP contribution is 2.27. The molecule has 1 aliphatic carbocycles. The number of methoxy groups -OCH3 is 1. The van der Waals surface area contributed by atoms with Gasteiger partial charge in [0.15, 0.2) is 0 Å². The van der Waals surface area contributed by atoms with E-state index in [4.69, 9.17) is 4.74 Å². The Hall–Kier alpha value is -1.45. The monoisotopic (exact) mass is 372 g/mol. The Morgan fingerprint density at radius 3 is 2.76 bits per heavy atom. The number of sulfonamides is 1. The van der Waals surface area contributed by atoms with Gasteiger partial charge in [0.05, 0.1) is 18.1 Å². The minimum absolute atomic E-state index is 0.0121. The van der Waals surface area contributed by atoms with Gasteiger partial charge in [0.2, 0.25) is 15.9 Å². The molecular formula is C16H28N4O4S. The first-order valence-electron chi connectivity index (χ1n) is 8.70. The Morgan fingerprint density at radius 2 is 2.16 bits per heavy atom. The molecule has 1 amide bonds. The largest absolute Gasteiger partial charge is 0.380 e. The van der Waals surface area contributed by atoms with Gasteiger partial charge in [0, 0.05) is 43.9 Å². The molecule has 1 fully saturated rings. The lowest BCUT2D eigenvalue weighted by molar-refractivity contribution is -0.127. The van der Waals surface area contributed by atoms with E-state index in [9.17, 15) is 13.2 Å². The highest BCUT2D eigenvalue weighted by molar-refractivity contribution is 7.89. The van der Waals surface area contributed by atoms with Crippen molar-refractivity contribution in [2.75, 3.05) is 12.9 Å². The van der Waals surface area contributed by atoms with Crippen LogP contribution in [0.5, 0.6) is 0 Å². The molecule has 0 saturated heterocycles. The second kappa shape index (κ2) is 8.77. The van der Waals surface area contributed by atoms with Crippen LogP contribution in [-0.4, -0.2) is 49.1 Å². The van der Waals surface area contributed by atoms with Gasteiger partial charge < -0.3 is 10.1 Å². The van der Waals surface area contributed by atoms with Crippen molar-refractivity contribution in [3.05, 3.63) is 18.0 Å². The van der Waals surface area contributed by atoms with E-state index in [1.165, 1.54) is 0 Å². The van der Waals surface area contributed by atoms with Gasteiger partial charge in [-0.2, -0.15) is 5.10 Å². The molecule has 1 saturated carbocycles. The van der Waals surface area contributed by atoms with Gasteiger partial charge >= 0.3 is 0 Å². The van der Waals surface area contributed by atoms with Crippen LogP contribution in [0, 0.1) is 5.92 Å². The van der Waals surface area contributed by atoms with Crippen LogP contribution >= 0.6 is 0 Å². The molecule has 0 aliphatic heterocycles. The van der Waals surface area contributed by atoms with E-state index >= 15 is 0 Å². The van der Waals surface area contributed by atoms with E-state index < -0.39 is 10.0 Å². The summed E-state index contributed by atoms with van der Waals surface area (Å²) in [6.07, 6.45) is 5.22. The Labute approximate surface area is 149 Å². The fourth-order valence-electron chi connectivity index (χ4n) is 3.11. The average Bonchev–Trinajstić information content (AvgIpc) is 3.07. The summed E-state index contributed by atoms with van der Waals surface area (Å²) in [5, 5.41) is 7.11. The molecule has 25 heavy (non-hydrogen) atoms. The van der Waals surface area contributed by atoms with Gasteiger partial charge in [0.1, 0.15) is 0 Å². The SMILES string of the molecule is CCn1cc(CNC(=O)[C@H]2CC[C@@H](OC)[C@H](NS(=O)(=O)CC)C2)cn1. The van der Waals surface area contributed by atoms with Crippen molar-refractivity contribution in [2.24, 2.45) is 5.92 Å². The van der Waals surface area contributed by atoms with Crippen molar-refractivity contribution in [1.82, 2.24) is 19.8 Å². The quantitative estimate of drug-likeness (QED) is 0.697. The summed E-state index contributed by atoms with van der Waals surface area (Å²) in [4.78, 5) is 12.5. The minimum Gasteiger partial charge on any atom is -0.380 e. The molecule has 0 bridgehead atoms. The lowest BCUT2D eigenvalue weighted by atomic mass is 9.83. The smallest absolute Gasteiger partial charge is 0.223 e. The van der Waals surface area contributed by atoms with Crippen LogP contribution < -0.4 is 10.0 Å². The number of aryl methyl sites for hydroxylation is 1. The summed E-state index contributed by atoms with van der Waals surface area (Å²) in [5.74, 6) is -0.269. The van der Waals surface area contributed by atoms with Crippen LogP contribution in [0.15, 0.2) is 12.4 Å². The molecular weight excluding hydrogens is 344 g/mol. The number of hydrogen-bond acceptors (Lipinski definition) is 5. The maximum atomic E-state index is 12.5. The van der Waals surface area contributed by atoms with Crippen LogP contribution in [0.2, 0.25) is 0 Å². The fourth-order valence-corrected chi connectivity index (χ4v) is 3.98. The standard InChI is InChI=1S/C16H28N4O4S/c1-4-20-11-12(10-18-20)9-17-16(21)13-6-7-15(24-3)14(8-13)19-25(22,23)5-2/h10-11,13-15,19H,4-9H2,1-3H3,(H,17,21)/t13-,14+,15+/m0/s1. The zero-order valence-electron chi connectivity index (χ0n) is 15.1. The molecule has 1 aromatic heterocycles. The van der Waals surface area contributed by atoms with Gasteiger partial charge in [0.25, 0.3) is 0 Å². The first-order chi connectivity index (χ1) is 11.9. The van der Waals surface area contributed by atoms with Crippen LogP contribution in [-0.2, 0) is 32.6 Å². The number of carbonyl (C=O) groups excluding carboxylic acids is 1. The molecule has 1 heterocycles. The third kappa shape index (κ3) is 5.52. The van der Waals surface area contributed by atoms with Gasteiger partial charge in [-0.1, -0.05) is 0 Å². The lowest BCUT2D eigenvalue weighted by Crippen LogP contribution is -2.50. The third-order valence-electron chi connectivity index (χ3n) is 4.65. The Morgan fingerprint density at radius 1 is 1.40 bits per heavy atom. The number of rotatable bonds is 8. The van der Waals surface area contributed by atoms with Crippen molar-refractivity contribution < 1.29 is 17.9 Å². The highest BCUT2D eigenvalue weighted by atomic mass is 32.2. The summed E-state index contributed by atoms with van der Waals surface area (Å²) in [6.45, 7) is 4.80. The van der Waals surface area contributed by atoms with Crippen LogP contribution in [0.25, 0.3) is 0 Å². The van der Waals surface area contributed by atoms with Crippen LogP contribution in [0.1, 0.15) is 38.7 Å². The summed E-state index contributed by atoms with van der Waals surface area (Å²) < 4.78 is 33.6. The van der Waals surface area contributed by atoms with Crippen molar-refractivity contribution in [1.29, 1.82) is 0 Å². The second-order valence-corrected chi connectivity index (χ2v) is 8.38. The normalized spacial score (nSPS) is 24.2. The predicted molar refractivity (Wildman–Crippen MR) is 94.3 cm³/mol. The molecule has 0 aromatic carbocycles. The van der Waals surface area contributed by atoms with Crippen LogP contribution in [0.4, 0.5) is 0 Å². The first-order valence-corrected chi connectivity index (χ1v) is 10.4. The van der Waals surface area contributed by atoms with Gasteiger partial charge in [-0.3, -0.25) is 9.48 Å². The van der Waals surface area contributed by atoms with Gasteiger partial charge in [-0.25, -0.2) is 13.1 Å². The van der Waals surface area contributed by atoms with Crippen LogP contribution in [0.3, 0.4) is 0 Å². The van der Waals surface area contributed by atoms with Crippen molar-refractivity contribution >= 4 is 15.9 Å². The van der Waals surface area contributed by atoms with E-state index in [0.29, 0.717) is 25.8 Å². The van der Waals surface area contributed by atoms with Gasteiger partial charge in [-0.15, -0.1) is 0 Å². The Bertz CT molecular complexity index is 673. The molecule has 0 radical (unpaired) electrons. The molecule has 9 heteroatoms. The summed E-state index contributed by atoms with van der Waals surface area (Å²) in [5.41, 5.74) is 0.948. The Balaban J connectivity index is 1.93. The van der Waals surface area contributed by atoms with Crippen molar-refractivity contribution in [2.45, 2.75) is 58.3 Å². The molecule has 1 aromatic rings. The van der Waals surface area contributed by atoms with E-state index in [1.54, 1.807) is 24.9 Å². The second-order valence-electron chi connectivity index (χ2n) is 6.33. The molecule has 2 N–H and O–H groups in total. The van der Waals surface area contributed by atoms with E-state index in [0.717, 1.165) is 12.1 Å². The minimum atomic E-state index is -3.34. The molecule has 142 valence electrons. The number of nitrogens with zero attached hydrogens (tertiary/aromatic N) is 2. The molecule has 0 spiro atoms. The first kappa shape index (κ1) is 19.9. The summed E-state index contributed by atoms with van der Waals surface area (Å²) >= 11 is 0. The highest BCUT2D eigenvalue weighted by Gasteiger charge is 2.35. The van der Waals surface area contributed by atoms with Gasteiger partial charge in [-0.05, 0) is 33.1 Å². The number of carbonyl (C=O) groups is 1. The maximum Gasteiger partial charge on any atom is 0.223 e. The number of amides is 1. The Kier molecular flexibility index (Phi) is 6.97. The molecule has 3 atom stereocenters. The number of aromatic nitrogens is 2. The molecule has 2 rings (SSSR count). The molecule has 8 nitrogen and oxygen atoms in total. The topological polar surface area (TPSA) is 102 Å². The third-order valence-corrected chi connectivity index (χ3v) is 6.07. The van der Waals surface area contributed by atoms with E-state index in [2.05, 4.69) is 15.1 Å².